The third-order valence-corrected chi connectivity index (χ3v) is 13.9. The van der Waals surface area contributed by atoms with Crippen molar-refractivity contribution in [3.63, 3.8) is 0 Å². The van der Waals surface area contributed by atoms with E-state index in [1.54, 1.807) is 0 Å². The molecule has 0 bridgehead atoms. The molecule has 0 radical (unpaired) electrons. The first kappa shape index (κ1) is 63.4. The average Bonchev–Trinajstić information content (AvgIpc) is 3.30. The van der Waals surface area contributed by atoms with Crippen molar-refractivity contribution >= 4 is 17.9 Å². The SMILES string of the molecule is CCCCCCCCCCCCCCCCCC(=O)OC[C@@H](COC(=O)CCCCCCCCCCCC)OC(=O)CCCCCCCCCCCCCCCCCCCCC(C)CC. The van der Waals surface area contributed by atoms with Gasteiger partial charge in [0.15, 0.2) is 6.10 Å². The van der Waals surface area contributed by atoms with Crippen molar-refractivity contribution in [2.75, 3.05) is 13.2 Å². The van der Waals surface area contributed by atoms with Crippen molar-refractivity contribution in [2.24, 2.45) is 5.92 Å². The Morgan fingerprint density at radius 1 is 0.308 bits per heavy atom. The molecule has 1 unspecified atom stereocenters. The standard InChI is InChI=1S/C59H114O6/c1-5-8-10-12-14-16-18-19-24-28-31-35-39-43-47-51-58(61)64-54-56(53-63-57(60)50-46-42-38-34-17-15-13-11-9-6-2)65-59(62)52-48-44-40-36-32-29-26-23-21-20-22-25-27-30-33-37-41-45-49-55(4)7-3/h55-56H,5-54H2,1-4H3/t55?,56-/m1/s1. The zero-order valence-corrected chi connectivity index (χ0v) is 44.5. The van der Waals surface area contributed by atoms with Crippen molar-refractivity contribution in [3.8, 4) is 0 Å². The predicted octanol–water partition coefficient (Wildman–Crippen LogP) is 19.4. The van der Waals surface area contributed by atoms with Gasteiger partial charge < -0.3 is 14.2 Å². The summed E-state index contributed by atoms with van der Waals surface area (Å²) in [6.45, 7) is 9.10. The quantitative estimate of drug-likeness (QED) is 0.0344. The number of esters is 3. The first-order valence-electron chi connectivity index (χ1n) is 29.4. The van der Waals surface area contributed by atoms with Gasteiger partial charge in [-0.3, -0.25) is 14.4 Å². The molecule has 0 aliphatic heterocycles. The molecule has 0 heterocycles. The first-order valence-corrected chi connectivity index (χ1v) is 29.4. The summed E-state index contributed by atoms with van der Waals surface area (Å²) in [6.07, 6.45) is 58.1. The number of carbonyl (C=O) groups is 3. The molecule has 2 atom stereocenters. The molecule has 0 saturated carbocycles. The minimum Gasteiger partial charge on any atom is -0.462 e. The molecule has 65 heavy (non-hydrogen) atoms. The number of ether oxygens (including phenoxy) is 3. The molecule has 0 rings (SSSR count). The summed E-state index contributed by atoms with van der Waals surface area (Å²) < 4.78 is 16.9. The Morgan fingerprint density at radius 3 is 0.800 bits per heavy atom. The predicted molar refractivity (Wildman–Crippen MR) is 280 cm³/mol. The number of hydrogen-bond donors (Lipinski definition) is 0. The van der Waals surface area contributed by atoms with Crippen LogP contribution in [0.15, 0.2) is 0 Å². The molecule has 0 saturated heterocycles. The summed E-state index contributed by atoms with van der Waals surface area (Å²) in [4.78, 5) is 38.1. The van der Waals surface area contributed by atoms with Crippen LogP contribution >= 0.6 is 0 Å². The number of hydrogen-bond acceptors (Lipinski definition) is 6. The monoisotopic (exact) mass is 919 g/mol. The molecule has 0 aromatic heterocycles. The summed E-state index contributed by atoms with van der Waals surface area (Å²) in [5.74, 6) is 0.0727. The fourth-order valence-electron chi connectivity index (χ4n) is 9.07. The number of carbonyl (C=O) groups excluding carboxylic acids is 3. The lowest BCUT2D eigenvalue weighted by Gasteiger charge is -2.18. The molecular weight excluding hydrogens is 805 g/mol. The Balaban J connectivity index is 4.20. The van der Waals surface area contributed by atoms with Gasteiger partial charge in [-0.25, -0.2) is 0 Å². The van der Waals surface area contributed by atoms with Crippen LogP contribution in [0.3, 0.4) is 0 Å². The molecular formula is C59H114O6. The smallest absolute Gasteiger partial charge is 0.306 e. The highest BCUT2D eigenvalue weighted by atomic mass is 16.6. The van der Waals surface area contributed by atoms with Crippen LogP contribution in [0.1, 0.15) is 336 Å². The van der Waals surface area contributed by atoms with Crippen LogP contribution in [0.4, 0.5) is 0 Å². The van der Waals surface area contributed by atoms with Gasteiger partial charge in [-0.2, -0.15) is 0 Å². The van der Waals surface area contributed by atoms with Gasteiger partial charge in [-0.1, -0.05) is 297 Å². The lowest BCUT2D eigenvalue weighted by atomic mass is 9.99. The van der Waals surface area contributed by atoms with Crippen LogP contribution in [0.25, 0.3) is 0 Å². The largest absolute Gasteiger partial charge is 0.462 e. The van der Waals surface area contributed by atoms with Crippen molar-refractivity contribution in [3.05, 3.63) is 0 Å². The summed E-state index contributed by atoms with van der Waals surface area (Å²) in [6, 6.07) is 0. The maximum absolute atomic E-state index is 12.8. The van der Waals surface area contributed by atoms with E-state index in [4.69, 9.17) is 14.2 Å². The van der Waals surface area contributed by atoms with E-state index in [1.807, 2.05) is 0 Å². The highest BCUT2D eigenvalue weighted by molar-refractivity contribution is 5.71. The van der Waals surface area contributed by atoms with E-state index in [1.165, 1.54) is 231 Å². The number of rotatable bonds is 54. The minimum atomic E-state index is -0.761. The Hall–Kier alpha value is -1.59. The molecule has 0 aromatic rings. The van der Waals surface area contributed by atoms with Crippen molar-refractivity contribution in [1.29, 1.82) is 0 Å². The summed E-state index contributed by atoms with van der Waals surface area (Å²) in [7, 11) is 0. The van der Waals surface area contributed by atoms with Gasteiger partial charge in [0.1, 0.15) is 13.2 Å². The van der Waals surface area contributed by atoms with Gasteiger partial charge in [-0.05, 0) is 25.2 Å². The fourth-order valence-corrected chi connectivity index (χ4v) is 9.07. The third-order valence-electron chi connectivity index (χ3n) is 13.9. The summed E-state index contributed by atoms with van der Waals surface area (Å²) in [5.41, 5.74) is 0. The molecule has 0 aliphatic rings. The Kier molecular flexibility index (Phi) is 52.1. The van der Waals surface area contributed by atoms with E-state index in [9.17, 15) is 14.4 Å². The molecule has 0 aromatic carbocycles. The molecule has 6 heteroatoms. The van der Waals surface area contributed by atoms with E-state index < -0.39 is 6.10 Å². The average molecular weight is 920 g/mol. The van der Waals surface area contributed by atoms with Crippen molar-refractivity contribution in [2.45, 2.75) is 342 Å². The third kappa shape index (κ3) is 51.6. The lowest BCUT2D eigenvalue weighted by molar-refractivity contribution is -0.167. The van der Waals surface area contributed by atoms with E-state index in [0.717, 1.165) is 63.7 Å². The molecule has 6 nitrogen and oxygen atoms in total. The van der Waals surface area contributed by atoms with Gasteiger partial charge in [0.2, 0.25) is 0 Å². The number of unbranched alkanes of at least 4 members (excludes halogenated alkanes) is 40. The molecule has 0 aliphatic carbocycles. The maximum Gasteiger partial charge on any atom is 0.306 e. The fraction of sp³-hybridized carbons (Fsp3) is 0.949. The zero-order valence-electron chi connectivity index (χ0n) is 44.5. The van der Waals surface area contributed by atoms with E-state index in [2.05, 4.69) is 27.7 Å². The highest BCUT2D eigenvalue weighted by Crippen LogP contribution is 2.18. The summed E-state index contributed by atoms with van der Waals surface area (Å²) in [5, 5.41) is 0. The van der Waals surface area contributed by atoms with E-state index >= 15 is 0 Å². The molecule has 0 fully saturated rings. The van der Waals surface area contributed by atoms with Crippen LogP contribution in [-0.4, -0.2) is 37.2 Å². The topological polar surface area (TPSA) is 78.9 Å². The normalized spacial score (nSPS) is 12.4. The summed E-state index contributed by atoms with van der Waals surface area (Å²) >= 11 is 0. The van der Waals surface area contributed by atoms with Gasteiger partial charge in [0.25, 0.3) is 0 Å². The second-order valence-corrected chi connectivity index (χ2v) is 20.5. The van der Waals surface area contributed by atoms with Gasteiger partial charge in [0, 0.05) is 19.3 Å². The minimum absolute atomic E-state index is 0.0618. The van der Waals surface area contributed by atoms with Crippen molar-refractivity contribution in [1.82, 2.24) is 0 Å². The zero-order chi connectivity index (χ0) is 47.4. The Morgan fingerprint density at radius 2 is 0.538 bits per heavy atom. The van der Waals surface area contributed by atoms with E-state index in [-0.39, 0.29) is 31.1 Å². The van der Waals surface area contributed by atoms with Gasteiger partial charge in [-0.15, -0.1) is 0 Å². The Bertz CT molecular complexity index is 982. The lowest BCUT2D eigenvalue weighted by Crippen LogP contribution is -2.30. The second kappa shape index (κ2) is 53.4. The second-order valence-electron chi connectivity index (χ2n) is 20.5. The highest BCUT2D eigenvalue weighted by Gasteiger charge is 2.19. The van der Waals surface area contributed by atoms with Crippen LogP contribution in [0.2, 0.25) is 0 Å². The van der Waals surface area contributed by atoms with E-state index in [0.29, 0.717) is 19.3 Å². The van der Waals surface area contributed by atoms with Gasteiger partial charge >= 0.3 is 17.9 Å². The van der Waals surface area contributed by atoms with Crippen LogP contribution < -0.4 is 0 Å². The molecule has 386 valence electrons. The van der Waals surface area contributed by atoms with Crippen LogP contribution in [0, 0.1) is 5.92 Å². The van der Waals surface area contributed by atoms with Gasteiger partial charge in [0.05, 0.1) is 0 Å². The molecule has 0 spiro atoms. The Labute approximate surface area is 406 Å². The molecule has 0 N–H and O–H groups in total. The maximum atomic E-state index is 12.8. The molecule has 0 amide bonds. The van der Waals surface area contributed by atoms with Crippen LogP contribution in [-0.2, 0) is 28.6 Å². The van der Waals surface area contributed by atoms with Crippen molar-refractivity contribution < 1.29 is 28.6 Å². The first-order chi connectivity index (χ1) is 31.9. The van der Waals surface area contributed by atoms with Crippen LogP contribution in [0.5, 0.6) is 0 Å².